The predicted molar refractivity (Wildman–Crippen MR) is 99.6 cm³/mol. The Labute approximate surface area is 153 Å². The number of anilines is 2. The minimum atomic E-state index is -0.390. The van der Waals surface area contributed by atoms with E-state index in [0.717, 1.165) is 37.3 Å². The van der Waals surface area contributed by atoms with Crippen LogP contribution in [-0.2, 0) is 4.74 Å². The first-order valence-corrected chi connectivity index (χ1v) is 8.77. The van der Waals surface area contributed by atoms with Gasteiger partial charge in [0.05, 0.1) is 12.7 Å². The highest BCUT2D eigenvalue weighted by Gasteiger charge is 2.23. The molecule has 136 valence electrons. The van der Waals surface area contributed by atoms with Crippen molar-refractivity contribution in [2.45, 2.75) is 19.8 Å². The van der Waals surface area contributed by atoms with E-state index in [0.29, 0.717) is 17.2 Å². The van der Waals surface area contributed by atoms with Crippen molar-refractivity contribution < 1.29 is 14.3 Å². The molecule has 0 spiro atoms. The van der Waals surface area contributed by atoms with Crippen LogP contribution >= 0.6 is 0 Å². The van der Waals surface area contributed by atoms with Crippen LogP contribution in [0.3, 0.4) is 0 Å². The zero-order valence-electron chi connectivity index (χ0n) is 15.1. The van der Waals surface area contributed by atoms with Crippen molar-refractivity contribution in [3.05, 3.63) is 53.9 Å². The maximum Gasteiger partial charge on any atom is 0.337 e. The van der Waals surface area contributed by atoms with Crippen LogP contribution in [0.5, 0.6) is 0 Å². The van der Waals surface area contributed by atoms with Gasteiger partial charge in [0.15, 0.2) is 0 Å². The van der Waals surface area contributed by atoms with Crippen molar-refractivity contribution in [2.24, 2.45) is 5.92 Å². The number of pyridine rings is 1. The fourth-order valence-corrected chi connectivity index (χ4v) is 3.17. The number of hydrogen-bond acceptors (Lipinski definition) is 5. The van der Waals surface area contributed by atoms with Crippen molar-refractivity contribution >= 4 is 23.3 Å². The summed E-state index contributed by atoms with van der Waals surface area (Å²) in [5.41, 5.74) is 2.37. The normalized spacial score (nSPS) is 16.8. The summed E-state index contributed by atoms with van der Waals surface area (Å²) in [7, 11) is 1.35. The first-order valence-electron chi connectivity index (χ1n) is 8.77. The van der Waals surface area contributed by atoms with Gasteiger partial charge in [0, 0.05) is 30.7 Å². The lowest BCUT2D eigenvalue weighted by molar-refractivity contribution is 0.0600. The molecular weight excluding hydrogens is 330 g/mol. The zero-order valence-corrected chi connectivity index (χ0v) is 15.1. The molecule has 6 nitrogen and oxygen atoms in total. The Kier molecular flexibility index (Phi) is 5.51. The van der Waals surface area contributed by atoms with Crippen molar-refractivity contribution in [3.8, 4) is 0 Å². The number of nitrogens with one attached hydrogen (secondary N) is 1. The van der Waals surface area contributed by atoms with E-state index >= 15 is 0 Å². The second-order valence-electron chi connectivity index (χ2n) is 6.63. The molecule has 0 aliphatic carbocycles. The third-order valence-corrected chi connectivity index (χ3v) is 4.50. The number of carbonyl (C=O) groups is 2. The number of hydrogen-bond donors (Lipinski definition) is 1. The van der Waals surface area contributed by atoms with Crippen LogP contribution in [0.2, 0.25) is 0 Å². The maximum absolute atomic E-state index is 12.7. The van der Waals surface area contributed by atoms with E-state index in [-0.39, 0.29) is 5.91 Å². The van der Waals surface area contributed by atoms with Gasteiger partial charge in [-0.2, -0.15) is 0 Å². The molecule has 1 fully saturated rings. The fourth-order valence-electron chi connectivity index (χ4n) is 3.17. The van der Waals surface area contributed by atoms with Gasteiger partial charge in [-0.15, -0.1) is 0 Å². The summed E-state index contributed by atoms with van der Waals surface area (Å²) in [5.74, 6) is 0.0945. The summed E-state index contributed by atoms with van der Waals surface area (Å²) < 4.78 is 4.74. The number of benzene rings is 1. The first-order chi connectivity index (χ1) is 12.6. The van der Waals surface area contributed by atoms with Crippen molar-refractivity contribution in [1.82, 2.24) is 9.88 Å². The van der Waals surface area contributed by atoms with E-state index in [1.54, 1.807) is 36.5 Å². The Hall–Kier alpha value is -2.89. The molecule has 0 saturated carbocycles. The third kappa shape index (κ3) is 4.20. The van der Waals surface area contributed by atoms with Crippen LogP contribution in [0.4, 0.5) is 11.4 Å². The molecule has 26 heavy (non-hydrogen) atoms. The number of piperidine rings is 1. The number of amides is 1. The molecule has 1 aromatic carbocycles. The molecule has 0 radical (unpaired) electrons. The quantitative estimate of drug-likeness (QED) is 0.852. The highest BCUT2D eigenvalue weighted by Crippen LogP contribution is 2.21. The summed E-state index contributed by atoms with van der Waals surface area (Å²) in [4.78, 5) is 30.5. The minimum Gasteiger partial charge on any atom is -0.465 e. The number of ether oxygens (including phenoxy) is 1. The molecular formula is C20H23N3O3. The van der Waals surface area contributed by atoms with Crippen LogP contribution in [0.25, 0.3) is 0 Å². The molecule has 2 aromatic rings. The lowest BCUT2D eigenvalue weighted by Crippen LogP contribution is -2.39. The Bertz CT molecular complexity index is 806. The van der Waals surface area contributed by atoms with Gasteiger partial charge in [0.2, 0.25) is 0 Å². The van der Waals surface area contributed by atoms with E-state index in [9.17, 15) is 9.59 Å². The zero-order chi connectivity index (χ0) is 18.5. The fraction of sp³-hybridized carbons (Fsp3) is 0.350. The number of nitrogens with zero attached hydrogens (tertiary/aromatic N) is 2. The molecule has 1 unspecified atom stereocenters. The summed E-state index contributed by atoms with van der Waals surface area (Å²) >= 11 is 0. The van der Waals surface area contributed by atoms with E-state index in [1.807, 2.05) is 11.0 Å². The van der Waals surface area contributed by atoms with E-state index < -0.39 is 5.97 Å². The minimum absolute atomic E-state index is 0.0384. The summed E-state index contributed by atoms with van der Waals surface area (Å²) in [6.45, 7) is 3.72. The average molecular weight is 353 g/mol. The van der Waals surface area contributed by atoms with Crippen LogP contribution in [-0.4, -0.2) is 42.0 Å². The van der Waals surface area contributed by atoms with Gasteiger partial charge in [0.1, 0.15) is 5.69 Å². The summed E-state index contributed by atoms with van der Waals surface area (Å²) in [5, 5.41) is 3.21. The van der Waals surface area contributed by atoms with Crippen molar-refractivity contribution in [3.63, 3.8) is 0 Å². The predicted octanol–water partition coefficient (Wildman–Crippen LogP) is 3.48. The summed E-state index contributed by atoms with van der Waals surface area (Å²) in [6, 6.07) is 10.6. The number of esters is 1. The molecule has 0 bridgehead atoms. The SMILES string of the molecule is COC(=O)c1cccc(Nc2ccnc(C(=O)N3CCCC(C)C3)c2)c1. The second kappa shape index (κ2) is 7.99. The molecule has 1 saturated heterocycles. The van der Waals surface area contributed by atoms with Gasteiger partial charge in [-0.1, -0.05) is 13.0 Å². The van der Waals surface area contributed by atoms with Crippen molar-refractivity contribution in [1.29, 1.82) is 0 Å². The first kappa shape index (κ1) is 17.9. The van der Waals surface area contributed by atoms with Crippen LogP contribution in [0, 0.1) is 5.92 Å². The molecule has 1 aliphatic rings. The largest absolute Gasteiger partial charge is 0.465 e. The number of carbonyl (C=O) groups excluding carboxylic acids is 2. The maximum atomic E-state index is 12.7. The second-order valence-corrected chi connectivity index (χ2v) is 6.63. The number of rotatable bonds is 4. The lowest BCUT2D eigenvalue weighted by Gasteiger charge is -2.30. The summed E-state index contributed by atoms with van der Waals surface area (Å²) in [6.07, 6.45) is 3.81. The number of likely N-dealkylation sites (tertiary alicyclic amines) is 1. The van der Waals surface area contributed by atoms with Gasteiger partial charge in [-0.25, -0.2) is 4.79 Å². The van der Waals surface area contributed by atoms with Gasteiger partial charge < -0.3 is 15.0 Å². The van der Waals surface area contributed by atoms with Crippen molar-refractivity contribution in [2.75, 3.05) is 25.5 Å². The Morgan fingerprint density at radius 1 is 1.23 bits per heavy atom. The van der Waals surface area contributed by atoms with Gasteiger partial charge in [0.25, 0.3) is 5.91 Å². The molecule has 1 aliphatic heterocycles. The van der Waals surface area contributed by atoms with Gasteiger partial charge >= 0.3 is 5.97 Å². The topological polar surface area (TPSA) is 71.5 Å². The van der Waals surface area contributed by atoms with Crippen LogP contribution < -0.4 is 5.32 Å². The smallest absolute Gasteiger partial charge is 0.337 e. The van der Waals surface area contributed by atoms with Crippen LogP contribution in [0.1, 0.15) is 40.6 Å². The van der Waals surface area contributed by atoms with E-state index in [1.165, 1.54) is 7.11 Å². The monoisotopic (exact) mass is 353 g/mol. The Balaban J connectivity index is 1.75. The molecule has 6 heteroatoms. The number of aromatic nitrogens is 1. The van der Waals surface area contributed by atoms with Gasteiger partial charge in [-0.05, 0) is 49.1 Å². The number of methoxy groups -OCH3 is 1. The third-order valence-electron chi connectivity index (χ3n) is 4.50. The molecule has 1 amide bonds. The molecule has 3 rings (SSSR count). The average Bonchev–Trinajstić information content (AvgIpc) is 2.67. The standard InChI is InChI=1S/C20H23N3O3/c1-14-5-4-10-23(13-14)19(24)18-12-17(8-9-21-18)22-16-7-3-6-15(11-16)20(25)26-2/h3,6-9,11-12,14H,4-5,10,13H2,1-2H3,(H,21,22). The van der Waals surface area contributed by atoms with Crippen LogP contribution in [0.15, 0.2) is 42.6 Å². The van der Waals surface area contributed by atoms with E-state index in [2.05, 4.69) is 17.2 Å². The highest BCUT2D eigenvalue weighted by atomic mass is 16.5. The van der Waals surface area contributed by atoms with E-state index in [4.69, 9.17) is 4.74 Å². The van der Waals surface area contributed by atoms with Gasteiger partial charge in [-0.3, -0.25) is 9.78 Å². The molecule has 2 heterocycles. The molecule has 1 aromatic heterocycles. The lowest BCUT2D eigenvalue weighted by atomic mass is 10.00. The molecule has 1 atom stereocenters. The Morgan fingerprint density at radius 3 is 2.81 bits per heavy atom. The Morgan fingerprint density at radius 2 is 2.04 bits per heavy atom. The highest BCUT2D eigenvalue weighted by molar-refractivity contribution is 5.93. The molecule has 1 N–H and O–H groups in total.